The molecule has 24 heavy (non-hydrogen) atoms. The summed E-state index contributed by atoms with van der Waals surface area (Å²) in [6, 6.07) is 9.48. The predicted molar refractivity (Wildman–Crippen MR) is 102 cm³/mol. The maximum absolute atomic E-state index is 2.37. The van der Waals surface area contributed by atoms with Crippen molar-refractivity contribution >= 4 is 33.4 Å². The zero-order valence-electron chi connectivity index (χ0n) is 14.1. The highest BCUT2D eigenvalue weighted by molar-refractivity contribution is 7.10. The van der Waals surface area contributed by atoms with Gasteiger partial charge in [0.25, 0.3) is 0 Å². The molecule has 4 aromatic rings. The highest BCUT2D eigenvalue weighted by Gasteiger charge is 2.17. The number of rotatable bonds is 0. The SMILES string of the molecule is Cc1sc2c(c1C)=c1ccc3c4c(ccc=2c14)=c1sc(C)c(C)c1=3. The number of hydrogen-bond acceptors (Lipinski definition) is 2. The van der Waals surface area contributed by atoms with Gasteiger partial charge in [0.05, 0.1) is 0 Å². The lowest BCUT2D eigenvalue weighted by Crippen LogP contribution is -1.81. The first-order valence-electron chi connectivity index (χ1n) is 8.39. The monoisotopic (exact) mass is 344 g/mol. The summed E-state index contributed by atoms with van der Waals surface area (Å²) in [7, 11) is 0. The van der Waals surface area contributed by atoms with E-state index in [1.807, 2.05) is 22.7 Å². The topological polar surface area (TPSA) is 0 Å². The fourth-order valence-corrected chi connectivity index (χ4v) is 6.99. The second-order valence-corrected chi connectivity index (χ2v) is 9.50. The minimum Gasteiger partial charge on any atom is -0.140 e. The van der Waals surface area contributed by atoms with Crippen LogP contribution in [-0.2, 0) is 0 Å². The van der Waals surface area contributed by atoms with Gasteiger partial charge in [0.15, 0.2) is 0 Å². The summed E-state index contributed by atoms with van der Waals surface area (Å²) in [6.45, 7) is 9.06. The van der Waals surface area contributed by atoms with Crippen LogP contribution in [0.2, 0.25) is 0 Å². The fourth-order valence-electron chi connectivity index (χ4n) is 4.57. The van der Waals surface area contributed by atoms with Crippen molar-refractivity contribution in [2.45, 2.75) is 27.7 Å². The molecule has 0 nitrogen and oxygen atoms in total. The molecule has 116 valence electrons. The van der Waals surface area contributed by atoms with E-state index < -0.39 is 0 Å². The number of benzene rings is 2. The molecule has 6 rings (SSSR count). The Bertz CT molecular complexity index is 1510. The molecule has 0 aliphatic heterocycles. The van der Waals surface area contributed by atoms with Gasteiger partial charge in [0.2, 0.25) is 0 Å². The predicted octanol–water partition coefficient (Wildman–Crippen LogP) is 5.97. The minimum absolute atomic E-state index is 1.45. The van der Waals surface area contributed by atoms with E-state index in [4.69, 9.17) is 0 Å². The van der Waals surface area contributed by atoms with Gasteiger partial charge in [-0.2, -0.15) is 0 Å². The van der Waals surface area contributed by atoms with Crippen LogP contribution in [0.3, 0.4) is 0 Å². The molecular weight excluding hydrogens is 328 g/mol. The van der Waals surface area contributed by atoms with Crippen molar-refractivity contribution in [2.24, 2.45) is 0 Å². The van der Waals surface area contributed by atoms with Crippen molar-refractivity contribution < 1.29 is 0 Å². The van der Waals surface area contributed by atoms with Gasteiger partial charge in [-0.15, -0.1) is 22.7 Å². The molecule has 2 aromatic carbocycles. The van der Waals surface area contributed by atoms with Gasteiger partial charge in [-0.25, -0.2) is 0 Å². The number of aryl methyl sites for hydroxylation is 2. The Morgan fingerprint density at radius 3 is 1.33 bits per heavy atom. The minimum atomic E-state index is 1.45. The summed E-state index contributed by atoms with van der Waals surface area (Å²) in [4.78, 5) is 2.90. The highest BCUT2D eigenvalue weighted by atomic mass is 32.1. The van der Waals surface area contributed by atoms with Crippen molar-refractivity contribution in [1.82, 2.24) is 0 Å². The van der Waals surface area contributed by atoms with E-state index >= 15 is 0 Å². The molecule has 0 unspecified atom stereocenters. The molecule has 0 spiro atoms. The third kappa shape index (κ3) is 1.27. The first-order valence-corrected chi connectivity index (χ1v) is 10.0. The van der Waals surface area contributed by atoms with E-state index in [0.29, 0.717) is 0 Å². The van der Waals surface area contributed by atoms with Crippen LogP contribution in [0.15, 0.2) is 24.3 Å². The summed E-state index contributed by atoms with van der Waals surface area (Å²) >= 11 is 3.92. The summed E-state index contributed by atoms with van der Waals surface area (Å²) in [5, 5.41) is 11.8. The molecule has 2 heteroatoms. The van der Waals surface area contributed by atoms with E-state index in [1.54, 1.807) is 0 Å². The van der Waals surface area contributed by atoms with Crippen LogP contribution >= 0.6 is 22.7 Å². The van der Waals surface area contributed by atoms with E-state index in [-0.39, 0.29) is 0 Å². The van der Waals surface area contributed by atoms with Crippen LogP contribution in [0.1, 0.15) is 20.9 Å². The van der Waals surface area contributed by atoms with E-state index in [9.17, 15) is 0 Å². The fraction of sp³-hybridized carbons (Fsp3) is 0.182. The average molecular weight is 345 g/mol. The Balaban J connectivity index is 2.13. The zero-order chi connectivity index (χ0) is 16.3. The normalized spacial score (nSPS) is 13.0. The van der Waals surface area contributed by atoms with Crippen molar-refractivity contribution in [3.63, 3.8) is 0 Å². The van der Waals surface area contributed by atoms with Gasteiger partial charge in [0.1, 0.15) is 0 Å². The maximum Gasteiger partial charge on any atom is 0.0433 e. The molecule has 0 saturated carbocycles. The summed E-state index contributed by atoms with van der Waals surface area (Å²) in [6.07, 6.45) is 0. The molecule has 0 fully saturated rings. The molecule has 0 atom stereocenters. The van der Waals surface area contributed by atoms with Gasteiger partial charge in [-0.3, -0.25) is 0 Å². The van der Waals surface area contributed by atoms with Crippen molar-refractivity contribution in [1.29, 1.82) is 0 Å². The molecule has 0 bridgehead atoms. The molecule has 0 radical (unpaired) electrons. The van der Waals surface area contributed by atoms with Crippen molar-refractivity contribution in [3.8, 4) is 0 Å². The Kier molecular flexibility index (Phi) is 2.24. The quantitative estimate of drug-likeness (QED) is 0.318. The Morgan fingerprint density at radius 2 is 0.917 bits per heavy atom. The average Bonchev–Trinajstić information content (AvgIpc) is 3.23. The molecule has 0 saturated heterocycles. The Morgan fingerprint density at radius 1 is 0.542 bits per heavy atom. The van der Waals surface area contributed by atoms with Crippen LogP contribution in [0.4, 0.5) is 0 Å². The third-order valence-corrected chi connectivity index (χ3v) is 8.44. The van der Waals surface area contributed by atoms with E-state index in [2.05, 4.69) is 52.0 Å². The van der Waals surface area contributed by atoms with E-state index in [0.717, 1.165) is 0 Å². The second-order valence-electron chi connectivity index (χ2n) is 7.05. The molecular formula is C22H16S2. The standard InChI is InChI=1S/C22H16S2/c1-9-11(3)23-21-15-7-8-16-20-14(6-5-13(17(9)21)19(15)20)18-10(2)12(4)24-22(16)18/h5-8H,1-4H3. The van der Waals surface area contributed by atoms with Crippen LogP contribution in [-0.4, -0.2) is 0 Å². The molecule has 2 heterocycles. The molecule has 2 aliphatic rings. The zero-order valence-corrected chi connectivity index (χ0v) is 15.8. The maximum atomic E-state index is 2.37. The largest absolute Gasteiger partial charge is 0.140 e. The summed E-state index contributed by atoms with van der Waals surface area (Å²) in [5.41, 5.74) is 2.92. The first kappa shape index (κ1) is 13.4. The Labute approximate surface area is 146 Å². The second kappa shape index (κ2) is 4.01. The third-order valence-electron chi connectivity index (χ3n) is 5.96. The smallest absolute Gasteiger partial charge is 0.0433 e. The number of thiophene rings is 2. The van der Waals surface area contributed by atoms with E-state index in [1.165, 1.54) is 72.0 Å². The lowest BCUT2D eigenvalue weighted by atomic mass is 10.0. The summed E-state index contributed by atoms with van der Waals surface area (Å²) in [5.74, 6) is 0. The lowest BCUT2D eigenvalue weighted by Gasteiger charge is -1.99. The van der Waals surface area contributed by atoms with Crippen molar-refractivity contribution in [2.75, 3.05) is 0 Å². The highest BCUT2D eigenvalue weighted by Crippen LogP contribution is 2.35. The van der Waals surface area contributed by atoms with Crippen LogP contribution in [0, 0.1) is 68.1 Å². The van der Waals surface area contributed by atoms with Crippen LogP contribution in [0.25, 0.3) is 10.8 Å². The number of hydrogen-bond donors (Lipinski definition) is 0. The molecule has 2 aliphatic carbocycles. The van der Waals surface area contributed by atoms with Crippen molar-refractivity contribution in [3.05, 3.63) is 85.5 Å². The molecule has 0 N–H and O–H groups in total. The number of fused-ring (bicyclic) bond motifs is 2. The van der Waals surface area contributed by atoms with Gasteiger partial charge >= 0.3 is 0 Å². The van der Waals surface area contributed by atoms with Crippen LogP contribution in [0.5, 0.6) is 0 Å². The summed E-state index contributed by atoms with van der Waals surface area (Å²) < 4.78 is 2.96. The molecule has 2 aromatic heterocycles. The Hall–Kier alpha value is -1.90. The lowest BCUT2D eigenvalue weighted by molar-refractivity contribution is 1.37. The first-order chi connectivity index (χ1) is 11.6. The van der Waals surface area contributed by atoms with Gasteiger partial charge in [-0.05, 0) is 60.0 Å². The molecule has 0 amide bonds. The van der Waals surface area contributed by atoms with Gasteiger partial charge < -0.3 is 0 Å². The van der Waals surface area contributed by atoms with Gasteiger partial charge in [0, 0.05) is 39.7 Å². The van der Waals surface area contributed by atoms with Crippen LogP contribution < -0.4 is 0 Å². The van der Waals surface area contributed by atoms with Gasteiger partial charge in [-0.1, -0.05) is 24.3 Å².